The highest BCUT2D eigenvalue weighted by atomic mass is 32.2. The Morgan fingerprint density at radius 3 is 0.813 bits per heavy atom. The summed E-state index contributed by atoms with van der Waals surface area (Å²) in [6.45, 7) is 112. The number of sulfone groups is 1. The van der Waals surface area contributed by atoms with Crippen LogP contribution in [0.4, 0.5) is 65.9 Å². The van der Waals surface area contributed by atoms with Crippen molar-refractivity contribution in [1.82, 2.24) is 15.1 Å². The Bertz CT molecular complexity index is 2350. The fraction of sp³-hybridized carbons (Fsp3) is 1.00. The molecule has 0 amide bonds. The molecule has 2 aliphatic rings. The molecule has 1 aliphatic heterocycles. The number of nitrogens with two attached hydrogens (primary N) is 1. The van der Waals surface area contributed by atoms with Gasteiger partial charge < -0.3 is 73.0 Å². The van der Waals surface area contributed by atoms with Gasteiger partial charge in [-0.05, 0) is 353 Å². The minimum atomic E-state index is -5.63. The first kappa shape index (κ1) is 202. The third kappa shape index (κ3) is 301. The SMILES string of the molecule is C.C.C.C.C.CC(C)C.CC(C)CN.CC(C)CN(C)C.CC(C)CN1CCC1.CC(C)OC(C(F)(F)F)C(F)(F)F.CC(C)OC(C)(C)C.CC(C)OC(C)(F)F.CC(C)OC(C)C.CC(C)OC(F)(F)C(F)(F)F.CC(C)OC(F)F.CC(C)OC1CC1.CC(C)S(C)(=O)=O.CCC(C)C.CCCC(C)C.CCCCC(C)C.CCCOC(C)C.CCOC(C)C.CNCC(C)C.COC(C)C.CSC(C)C.[2H]C([2H])(C)OC(C)C. The van der Waals surface area contributed by atoms with Gasteiger partial charge in [0.1, 0.15) is 9.84 Å². The zero-order chi connectivity index (χ0) is 123. The number of rotatable bonds is 36. The number of alkyl halides is 15. The van der Waals surface area contributed by atoms with Gasteiger partial charge >= 0.3 is 37.4 Å². The molecular weight excluding hydrogens is 2010 g/mol. The molecule has 2 fully saturated rings. The third-order valence-electron chi connectivity index (χ3n) is 14.2. The number of nitrogens with zero attached hydrogens (tertiary/aromatic N) is 2. The van der Waals surface area contributed by atoms with Crippen molar-refractivity contribution in [3.63, 3.8) is 0 Å². The minimum Gasteiger partial charge on any atom is -0.382 e. The summed E-state index contributed by atoms with van der Waals surface area (Å²) >= 11 is 1.88. The Morgan fingerprint density at radius 1 is 0.447 bits per heavy atom. The molecule has 1 heterocycles. The van der Waals surface area contributed by atoms with E-state index in [1.165, 1.54) is 97.1 Å². The number of hydrogen-bond acceptors (Lipinski definition) is 18. The lowest BCUT2D eigenvalue weighted by Crippen LogP contribution is -2.45. The minimum absolute atomic E-state index is 0. The van der Waals surface area contributed by atoms with Crippen LogP contribution in [0.5, 0.6) is 0 Å². The smallest absolute Gasteiger partial charge is 0.382 e. The van der Waals surface area contributed by atoms with Crippen molar-refractivity contribution < 1.29 is 129 Å². The Balaban J connectivity index is -0.0000000516. The molecule has 0 spiro atoms. The summed E-state index contributed by atoms with van der Waals surface area (Å²) in [6, 6.07) is 0. The quantitative estimate of drug-likeness (QED) is 0.0565. The Morgan fingerprint density at radius 2 is 0.773 bits per heavy atom. The fourth-order valence-corrected chi connectivity index (χ4v) is 7.77. The van der Waals surface area contributed by atoms with Crippen LogP contribution in [0.15, 0.2) is 0 Å². The lowest BCUT2D eigenvalue weighted by Gasteiger charge is -2.31. The predicted octanol–water partition coefficient (Wildman–Crippen LogP) is 38.8. The van der Waals surface area contributed by atoms with Crippen LogP contribution in [0.2, 0.25) is 0 Å². The molecular formula is C116H269F15N4O13S2. The summed E-state index contributed by atoms with van der Waals surface area (Å²) in [5.41, 5.74) is 5.19. The zero-order valence-electron chi connectivity index (χ0n) is 107. The molecule has 1 saturated carbocycles. The first-order chi connectivity index (χ1) is 65.5. The maximum absolute atomic E-state index is 11.8. The van der Waals surface area contributed by atoms with Crippen molar-refractivity contribution >= 4 is 21.6 Å². The molecule has 0 aromatic rings. The molecule has 0 aromatic heterocycles. The standard InChI is InChI=1S/C7H15N.C7H16O.C7H16.C6H8F6O.C6H15N.C6H12O.2C6H14O.C6H14.C5H7F5O.C5H10F2O.C5H13N.2C5H12O.C5H12.C4H8F2O.C4H11N.C4H10O2S.C4H10O.C4H10S.C4H10.5CH4/c1-7(2)6-8-4-3-5-8;1-6(2)8-7(3,4)5;1-4-5-6-7(2)3;1-3(2)13-4(5(7,8)9)6(10,11)12;1-6(2)5-7(3)4;1-5(2)7-6-3-4-6;1-5(2)7-6(3)4;1-4-5-7-6(2)3;1-4-5-6(2)3;1-3(2)11-5(9,10)4(6,7)8;1-4(2)8-5(3,6)7;1-5(2)4-6-3;2*1-4-6-5(2)3;1-4-5(2)3;1-3(2)7-4(5)6;1-4(2)3-5;1-4(2)7(3,5)6;2*1-4(2)5-3;1-4(2)3;;;;;/h7H,3-6H2,1-2H3;6H,1-5H3;7H,4-6H2,1-3H3;3-4H,1-2H3;6H,5H2,1-4H3;5-6H,3-4H2,1-2H3;5-6H,1-4H3;6H,4-5H2,1-3H3;6H,4-5H2,1-3H3;3H,1-2H3;4H,1-3H3;5-6H,4H2,1-3H3;2*5H,4H2,1-3H3;5H,4H2,1-3H3;3-4H,1-2H3;4H,3,5H2,1-2H3;4H,1-3H3;2*4H,1-3H3;4H,1-3H3;5*1H4/i;;;;;;;;;;;;4D2;;;;;;;;;;;;;. The predicted molar refractivity (Wildman–Crippen MR) is 636 cm³/mol. The molecule has 17 nitrogen and oxygen atoms in total. The highest BCUT2D eigenvalue weighted by Gasteiger charge is 2.60. The third-order valence-corrected chi connectivity index (χ3v) is 16.8. The molecule has 3 N–H and O–H groups in total. The molecule has 150 heavy (non-hydrogen) atoms. The number of unbranched alkanes of at least 4 members (excludes halogenated alkanes) is 1. The average Bonchev–Trinajstić information content (AvgIpc) is 1.11. The number of methoxy groups -OCH3 is 1. The van der Waals surface area contributed by atoms with Gasteiger partial charge in [0.25, 0.3) is 0 Å². The molecule has 2 rings (SSSR count). The Hall–Kier alpha value is -1.35. The van der Waals surface area contributed by atoms with E-state index < -0.39 is 78.2 Å². The molecule has 0 unspecified atom stereocenters. The summed E-state index contributed by atoms with van der Waals surface area (Å²) in [7, 11) is 5.12. The van der Waals surface area contributed by atoms with Crippen LogP contribution in [0.3, 0.4) is 0 Å². The molecule has 948 valence electrons. The fourth-order valence-electron chi connectivity index (χ4n) is 7.77. The van der Waals surface area contributed by atoms with Crippen LogP contribution in [-0.2, 0) is 61.9 Å². The van der Waals surface area contributed by atoms with Crippen molar-refractivity contribution in [3.8, 4) is 0 Å². The van der Waals surface area contributed by atoms with Crippen LogP contribution in [0.1, 0.15) is 485 Å². The summed E-state index contributed by atoms with van der Waals surface area (Å²) in [6.07, 6.45) is -11.3. The number of nitrogens with one attached hydrogen (secondary N) is 1. The van der Waals surface area contributed by atoms with Gasteiger partial charge in [-0.1, -0.05) is 235 Å². The molecule has 34 heteroatoms. The summed E-state index contributed by atoms with van der Waals surface area (Å²) < 4.78 is 259. The largest absolute Gasteiger partial charge is 0.482 e. The van der Waals surface area contributed by atoms with E-state index in [1.807, 2.05) is 95.0 Å². The van der Waals surface area contributed by atoms with E-state index in [0.29, 0.717) is 54.7 Å². The first-order valence-corrected chi connectivity index (χ1v) is 56.5. The van der Waals surface area contributed by atoms with E-state index in [4.69, 9.17) is 41.6 Å². The van der Waals surface area contributed by atoms with Gasteiger partial charge in [-0.3, -0.25) is 0 Å². The number of likely N-dealkylation sites (tertiary alicyclic amines) is 1. The number of thioether (sulfide) groups is 1. The van der Waals surface area contributed by atoms with Crippen LogP contribution in [0, 0.1) is 47.3 Å². The monoisotopic (exact) mass is 2280 g/mol. The van der Waals surface area contributed by atoms with Crippen LogP contribution < -0.4 is 11.1 Å². The van der Waals surface area contributed by atoms with Crippen molar-refractivity contribution in [2.75, 3.05) is 99.8 Å². The Labute approximate surface area is 935 Å². The molecule has 0 aromatic carbocycles. The summed E-state index contributed by atoms with van der Waals surface area (Å²) in [5, 5.41) is 3.64. The topological polar surface area (TPSA) is 180 Å². The van der Waals surface area contributed by atoms with Gasteiger partial charge in [-0.25, -0.2) is 8.42 Å². The van der Waals surface area contributed by atoms with Gasteiger partial charge in [0.15, 0.2) is 0 Å². The molecule has 0 atom stereocenters. The van der Waals surface area contributed by atoms with E-state index >= 15 is 0 Å². The van der Waals surface area contributed by atoms with E-state index in [2.05, 4.69) is 262 Å². The second kappa shape index (κ2) is 135. The number of ether oxygens (including phenoxy) is 11. The molecule has 1 saturated heterocycles. The van der Waals surface area contributed by atoms with E-state index in [1.54, 1.807) is 62.5 Å². The van der Waals surface area contributed by atoms with Gasteiger partial charge in [0.05, 0.1) is 92.9 Å². The van der Waals surface area contributed by atoms with Crippen molar-refractivity contribution in [3.05, 3.63) is 0 Å². The lowest BCUT2D eigenvalue weighted by molar-refractivity contribution is -0.399. The summed E-state index contributed by atoms with van der Waals surface area (Å²) in [4.78, 5) is 4.70. The van der Waals surface area contributed by atoms with Crippen LogP contribution in [0.25, 0.3) is 0 Å². The van der Waals surface area contributed by atoms with Crippen LogP contribution >= 0.6 is 11.8 Å². The van der Waals surface area contributed by atoms with Gasteiger partial charge in [0.2, 0.25) is 6.10 Å². The first-order valence-electron chi connectivity index (χ1n) is 54.3. The number of halogens is 15. The van der Waals surface area contributed by atoms with Gasteiger partial charge in [0, 0.05) is 46.6 Å². The maximum Gasteiger partial charge on any atom is 0.482 e. The molecule has 1 aliphatic carbocycles. The van der Waals surface area contributed by atoms with Gasteiger partial charge in [-0.2, -0.15) is 77.6 Å². The second-order valence-corrected chi connectivity index (χ2v) is 46.9. The number of hydrogen-bond donors (Lipinski definition) is 2. The lowest BCUT2D eigenvalue weighted by atomic mass is 10.1. The van der Waals surface area contributed by atoms with E-state index in [0.717, 1.165) is 114 Å². The van der Waals surface area contributed by atoms with Crippen molar-refractivity contribution in [1.29, 1.82) is 0 Å². The van der Waals surface area contributed by atoms with Crippen molar-refractivity contribution in [2.45, 2.75) is 621 Å². The highest BCUT2D eigenvalue weighted by Crippen LogP contribution is 2.38. The highest BCUT2D eigenvalue weighted by molar-refractivity contribution is 7.99. The van der Waals surface area contributed by atoms with E-state index in [9.17, 15) is 74.3 Å². The molecule has 0 radical (unpaired) electrons. The zero-order valence-corrected chi connectivity index (χ0v) is 107. The maximum atomic E-state index is 11.8. The normalized spacial score (nSPS) is 12.3. The van der Waals surface area contributed by atoms with Crippen molar-refractivity contribution in [2.24, 2.45) is 53.1 Å². The second-order valence-electron chi connectivity index (χ2n) is 42.9. The van der Waals surface area contributed by atoms with E-state index in [-0.39, 0.29) is 60.2 Å². The molecule has 0 bridgehead atoms. The van der Waals surface area contributed by atoms with Gasteiger partial charge in [-0.15, -0.1) is 0 Å². The van der Waals surface area contributed by atoms with Crippen LogP contribution in [-0.4, -0.2) is 257 Å². The Kier molecular flexibility index (Phi) is 181. The summed E-state index contributed by atoms with van der Waals surface area (Å²) in [5.74, 6) is 6.63. The average molecular weight is 2280 g/mol.